The number of nitrogens with zero attached hydrogens (tertiary/aromatic N) is 1. The second-order valence-electron chi connectivity index (χ2n) is 4.05. The smallest absolute Gasteiger partial charge is 0.254 e. The zero-order valence-electron chi connectivity index (χ0n) is 9.79. The molecule has 0 unspecified atom stereocenters. The first-order valence-corrected chi connectivity index (χ1v) is 5.35. The molecular formula is C12H16N3O+. The van der Waals surface area contributed by atoms with Crippen LogP contribution < -0.4 is 10.3 Å². The summed E-state index contributed by atoms with van der Waals surface area (Å²) in [6, 6.07) is 1.81. The van der Waals surface area contributed by atoms with Crippen LogP contribution in [0.15, 0.2) is 12.3 Å². The first-order valence-electron chi connectivity index (χ1n) is 5.35. The molecule has 2 heterocycles. The fraction of sp³-hybridized carbons (Fsp3) is 0.333. The highest BCUT2D eigenvalue weighted by Crippen LogP contribution is 2.19. The number of fused-ring (bicyclic) bond motifs is 1. The normalized spacial score (nSPS) is 10.9. The van der Waals surface area contributed by atoms with Crippen LogP contribution in [-0.2, 0) is 13.5 Å². The van der Waals surface area contributed by atoms with Crippen molar-refractivity contribution in [3.63, 3.8) is 0 Å². The van der Waals surface area contributed by atoms with Gasteiger partial charge in [0.1, 0.15) is 18.1 Å². The summed E-state index contributed by atoms with van der Waals surface area (Å²) >= 11 is 0. The van der Waals surface area contributed by atoms with Crippen molar-refractivity contribution in [3.8, 4) is 0 Å². The third-order valence-corrected chi connectivity index (χ3v) is 2.94. The zero-order chi connectivity index (χ0) is 11.9. The van der Waals surface area contributed by atoms with Crippen LogP contribution in [0.3, 0.4) is 0 Å². The molecule has 1 amide bonds. The van der Waals surface area contributed by atoms with Crippen LogP contribution in [0.5, 0.6) is 0 Å². The van der Waals surface area contributed by atoms with Crippen LogP contribution >= 0.6 is 0 Å². The van der Waals surface area contributed by atoms with Crippen molar-refractivity contribution in [2.75, 3.05) is 0 Å². The molecule has 4 heteroatoms. The van der Waals surface area contributed by atoms with Gasteiger partial charge >= 0.3 is 0 Å². The lowest BCUT2D eigenvalue weighted by Gasteiger charge is -1.97. The van der Waals surface area contributed by atoms with Gasteiger partial charge in [0.2, 0.25) is 5.52 Å². The van der Waals surface area contributed by atoms with Crippen molar-refractivity contribution in [1.29, 1.82) is 0 Å². The average molecular weight is 218 g/mol. The number of aryl methyl sites for hydroxylation is 3. The molecule has 0 atom stereocenters. The van der Waals surface area contributed by atoms with Crippen LogP contribution in [0.2, 0.25) is 0 Å². The van der Waals surface area contributed by atoms with E-state index in [0.717, 1.165) is 23.1 Å². The van der Waals surface area contributed by atoms with Crippen molar-refractivity contribution in [2.24, 2.45) is 12.8 Å². The number of primary amides is 1. The van der Waals surface area contributed by atoms with Gasteiger partial charge in [-0.25, -0.2) is 0 Å². The maximum Gasteiger partial charge on any atom is 0.254 e. The largest absolute Gasteiger partial charge is 0.365 e. The number of nitrogens with two attached hydrogens (primary N) is 1. The van der Waals surface area contributed by atoms with Crippen molar-refractivity contribution in [3.05, 3.63) is 29.1 Å². The van der Waals surface area contributed by atoms with E-state index in [9.17, 15) is 4.79 Å². The minimum absolute atomic E-state index is 0.400. The van der Waals surface area contributed by atoms with Crippen molar-refractivity contribution in [1.82, 2.24) is 4.98 Å². The lowest BCUT2D eigenvalue weighted by molar-refractivity contribution is -0.645. The van der Waals surface area contributed by atoms with Crippen molar-refractivity contribution >= 4 is 16.9 Å². The van der Waals surface area contributed by atoms with Gasteiger partial charge in [-0.15, -0.1) is 0 Å². The number of aromatic nitrogens is 2. The van der Waals surface area contributed by atoms with E-state index >= 15 is 0 Å². The summed E-state index contributed by atoms with van der Waals surface area (Å²) in [5, 5.41) is 0. The number of hydrogen-bond donors (Lipinski definition) is 2. The Balaban J connectivity index is 2.81. The summed E-state index contributed by atoms with van der Waals surface area (Å²) in [5.41, 5.74) is 10.4. The second kappa shape index (κ2) is 3.63. The number of rotatable bonds is 2. The Morgan fingerprint density at radius 2 is 2.25 bits per heavy atom. The summed E-state index contributed by atoms with van der Waals surface area (Å²) in [5.74, 6) is -0.400. The first kappa shape index (κ1) is 10.7. The Morgan fingerprint density at radius 3 is 2.81 bits per heavy atom. The van der Waals surface area contributed by atoms with Crippen molar-refractivity contribution < 1.29 is 9.36 Å². The first-order chi connectivity index (χ1) is 7.54. The van der Waals surface area contributed by atoms with Crippen LogP contribution in [0.25, 0.3) is 11.0 Å². The number of pyridine rings is 1. The van der Waals surface area contributed by atoms with Crippen LogP contribution in [0, 0.1) is 6.92 Å². The Bertz CT molecular complexity index is 569. The van der Waals surface area contributed by atoms with Crippen LogP contribution in [-0.4, -0.2) is 10.9 Å². The Morgan fingerprint density at radius 1 is 1.56 bits per heavy atom. The van der Waals surface area contributed by atoms with Gasteiger partial charge in [0.05, 0.1) is 0 Å². The topological polar surface area (TPSA) is 62.8 Å². The van der Waals surface area contributed by atoms with E-state index < -0.39 is 5.91 Å². The molecule has 0 spiro atoms. The summed E-state index contributed by atoms with van der Waals surface area (Å²) in [4.78, 5) is 14.4. The molecule has 0 fully saturated rings. The molecule has 0 aliphatic heterocycles. The highest BCUT2D eigenvalue weighted by Gasteiger charge is 2.18. The van der Waals surface area contributed by atoms with Crippen LogP contribution in [0.4, 0.5) is 0 Å². The Kier molecular flexibility index (Phi) is 2.42. The van der Waals surface area contributed by atoms with E-state index in [2.05, 4.69) is 11.9 Å². The fourth-order valence-corrected chi connectivity index (χ4v) is 2.22. The second-order valence-corrected chi connectivity index (χ2v) is 4.05. The van der Waals surface area contributed by atoms with Crippen LogP contribution in [0.1, 0.15) is 28.5 Å². The molecule has 3 N–H and O–H groups in total. The Hall–Kier alpha value is -1.84. The highest BCUT2D eigenvalue weighted by atomic mass is 16.1. The molecule has 2 aromatic heterocycles. The number of carbonyl (C=O) groups excluding carboxylic acids is 1. The minimum atomic E-state index is -0.400. The lowest BCUT2D eigenvalue weighted by atomic mass is 10.1. The minimum Gasteiger partial charge on any atom is -0.365 e. The SMILES string of the molecule is CCc1c(C)[nH]c2cc(C(N)=O)c[n+](C)c12. The van der Waals surface area contributed by atoms with E-state index in [1.807, 2.05) is 24.6 Å². The summed E-state index contributed by atoms with van der Waals surface area (Å²) in [6.45, 7) is 4.17. The van der Waals surface area contributed by atoms with Gasteiger partial charge in [0.25, 0.3) is 5.91 Å². The van der Waals surface area contributed by atoms with E-state index in [4.69, 9.17) is 5.73 Å². The number of H-pyrrole nitrogens is 1. The summed E-state index contributed by atoms with van der Waals surface area (Å²) in [6.07, 6.45) is 2.74. The van der Waals surface area contributed by atoms with E-state index in [-0.39, 0.29) is 0 Å². The fourth-order valence-electron chi connectivity index (χ4n) is 2.22. The number of amides is 1. The molecule has 0 aromatic carbocycles. The van der Waals surface area contributed by atoms with Gasteiger partial charge in [-0.05, 0) is 19.4 Å². The van der Waals surface area contributed by atoms with Gasteiger partial charge in [-0.2, -0.15) is 4.57 Å². The molecule has 0 radical (unpaired) electrons. The quantitative estimate of drug-likeness (QED) is 0.725. The number of carbonyl (C=O) groups is 1. The summed E-state index contributed by atoms with van der Waals surface area (Å²) in [7, 11) is 1.93. The van der Waals surface area contributed by atoms with E-state index in [0.29, 0.717) is 5.56 Å². The molecule has 0 bridgehead atoms. The van der Waals surface area contributed by atoms with E-state index in [1.54, 1.807) is 6.20 Å². The standard InChI is InChI=1S/C12H15N3O/c1-4-9-7(2)14-10-5-8(12(13)16)6-15(3)11(9)10/h5-6H,4H2,1-3H3,(H2,13,16)/p+1. The third-order valence-electron chi connectivity index (χ3n) is 2.94. The third kappa shape index (κ3) is 1.46. The predicted molar refractivity (Wildman–Crippen MR) is 62.1 cm³/mol. The maximum atomic E-state index is 11.2. The van der Waals surface area contributed by atoms with Gasteiger partial charge in [-0.3, -0.25) is 4.79 Å². The highest BCUT2D eigenvalue weighted by molar-refractivity contribution is 5.95. The van der Waals surface area contributed by atoms with Gasteiger partial charge in [0.15, 0.2) is 6.20 Å². The molecule has 2 rings (SSSR count). The molecule has 0 saturated carbocycles. The van der Waals surface area contributed by atoms with E-state index in [1.165, 1.54) is 5.56 Å². The van der Waals surface area contributed by atoms with Crippen molar-refractivity contribution in [2.45, 2.75) is 20.3 Å². The number of aromatic amines is 1. The molecule has 0 aliphatic rings. The lowest BCUT2D eigenvalue weighted by Crippen LogP contribution is -2.31. The average Bonchev–Trinajstić information content (AvgIpc) is 2.53. The zero-order valence-corrected chi connectivity index (χ0v) is 9.79. The van der Waals surface area contributed by atoms with Gasteiger partial charge in [-0.1, -0.05) is 6.92 Å². The Labute approximate surface area is 94.1 Å². The molecule has 16 heavy (non-hydrogen) atoms. The number of hydrogen-bond acceptors (Lipinski definition) is 1. The maximum absolute atomic E-state index is 11.2. The monoisotopic (exact) mass is 218 g/mol. The molecule has 0 saturated heterocycles. The van der Waals surface area contributed by atoms with Gasteiger partial charge < -0.3 is 10.7 Å². The van der Waals surface area contributed by atoms with Gasteiger partial charge in [0, 0.05) is 11.3 Å². The molecule has 0 aliphatic carbocycles. The number of nitrogens with one attached hydrogen (secondary N) is 1. The molecule has 2 aromatic rings. The predicted octanol–water partition coefficient (Wildman–Crippen LogP) is 0.962. The molecule has 84 valence electrons. The summed E-state index contributed by atoms with van der Waals surface area (Å²) < 4.78 is 1.96. The molecule has 4 nitrogen and oxygen atoms in total. The molecular weight excluding hydrogens is 202 g/mol.